The van der Waals surface area contributed by atoms with Crippen LogP contribution in [-0.4, -0.2) is 23.3 Å². The fraction of sp³-hybridized carbons (Fsp3) is 0.364. The van der Waals surface area contributed by atoms with Gasteiger partial charge in [0.15, 0.2) is 0 Å². The van der Waals surface area contributed by atoms with E-state index in [9.17, 15) is 13.2 Å². The zero-order chi connectivity index (χ0) is 13.9. The van der Waals surface area contributed by atoms with Gasteiger partial charge in [0, 0.05) is 16.4 Å². The van der Waals surface area contributed by atoms with Crippen LogP contribution in [0, 0.1) is 0 Å². The SMILES string of the molecule is N[C@@H]1C[C@H]1c1ccc(Br)cc1.O=C(O)C(F)(F)F. The highest BCUT2D eigenvalue weighted by molar-refractivity contribution is 9.10. The number of nitrogens with two attached hydrogens (primary N) is 1. The second kappa shape index (κ2) is 5.71. The molecule has 1 aliphatic rings. The first-order valence-corrected chi connectivity index (χ1v) is 5.82. The molecule has 1 aromatic carbocycles. The number of rotatable bonds is 1. The molecule has 0 aromatic heterocycles. The Balaban J connectivity index is 0.000000203. The minimum Gasteiger partial charge on any atom is -0.475 e. The van der Waals surface area contributed by atoms with E-state index in [0.717, 1.165) is 10.9 Å². The number of carbonyl (C=O) groups is 1. The van der Waals surface area contributed by atoms with Crippen LogP contribution in [-0.2, 0) is 4.79 Å². The fourth-order valence-corrected chi connectivity index (χ4v) is 1.57. The molecule has 0 radical (unpaired) electrons. The Kier molecular flexibility index (Phi) is 4.75. The summed E-state index contributed by atoms with van der Waals surface area (Å²) in [5, 5.41) is 7.12. The van der Waals surface area contributed by atoms with Crippen LogP contribution in [0.25, 0.3) is 0 Å². The average Bonchev–Trinajstić information content (AvgIpc) is 2.96. The first-order chi connectivity index (χ1) is 8.21. The lowest BCUT2D eigenvalue weighted by atomic mass is 10.1. The molecule has 7 heteroatoms. The zero-order valence-electron chi connectivity index (χ0n) is 9.12. The van der Waals surface area contributed by atoms with Crippen molar-refractivity contribution in [3.63, 3.8) is 0 Å². The number of halogens is 4. The van der Waals surface area contributed by atoms with Gasteiger partial charge in [-0.1, -0.05) is 28.1 Å². The molecule has 2 atom stereocenters. The van der Waals surface area contributed by atoms with Crippen LogP contribution >= 0.6 is 15.9 Å². The molecule has 1 fully saturated rings. The first-order valence-electron chi connectivity index (χ1n) is 5.03. The number of benzene rings is 1. The number of aliphatic carboxylic acids is 1. The predicted octanol–water partition coefficient (Wildman–Crippen LogP) is 2.90. The van der Waals surface area contributed by atoms with Crippen molar-refractivity contribution >= 4 is 21.9 Å². The lowest BCUT2D eigenvalue weighted by Gasteiger charge is -1.96. The van der Waals surface area contributed by atoms with Gasteiger partial charge < -0.3 is 10.8 Å². The molecule has 1 saturated carbocycles. The van der Waals surface area contributed by atoms with E-state index in [2.05, 4.69) is 40.2 Å². The van der Waals surface area contributed by atoms with Crippen molar-refractivity contribution in [2.75, 3.05) is 0 Å². The molecule has 0 aliphatic heterocycles. The summed E-state index contributed by atoms with van der Waals surface area (Å²) in [6, 6.07) is 8.83. The van der Waals surface area contributed by atoms with Crippen LogP contribution in [0.1, 0.15) is 17.9 Å². The van der Waals surface area contributed by atoms with Crippen LogP contribution in [0.3, 0.4) is 0 Å². The number of hydrogen-bond acceptors (Lipinski definition) is 2. The second-order valence-corrected chi connectivity index (χ2v) is 4.78. The maximum atomic E-state index is 10.6. The van der Waals surface area contributed by atoms with E-state index in [-0.39, 0.29) is 0 Å². The molecule has 3 nitrogen and oxygen atoms in total. The molecule has 0 amide bonds. The molecule has 0 spiro atoms. The van der Waals surface area contributed by atoms with Crippen molar-refractivity contribution in [3.8, 4) is 0 Å². The Hall–Kier alpha value is -1.08. The van der Waals surface area contributed by atoms with Crippen LogP contribution in [0.15, 0.2) is 28.7 Å². The first kappa shape index (κ1) is 15.0. The van der Waals surface area contributed by atoms with Gasteiger partial charge in [0.2, 0.25) is 0 Å². The summed E-state index contributed by atoms with van der Waals surface area (Å²) in [5.74, 6) is -2.13. The minimum absolute atomic E-state index is 0.413. The van der Waals surface area contributed by atoms with Crippen molar-refractivity contribution in [1.29, 1.82) is 0 Å². The lowest BCUT2D eigenvalue weighted by Crippen LogP contribution is -2.21. The second-order valence-electron chi connectivity index (χ2n) is 3.86. The summed E-state index contributed by atoms with van der Waals surface area (Å²) >= 11 is 3.40. The molecule has 0 heterocycles. The monoisotopic (exact) mass is 325 g/mol. The average molecular weight is 326 g/mol. The minimum atomic E-state index is -5.08. The van der Waals surface area contributed by atoms with Gasteiger partial charge in [-0.15, -0.1) is 0 Å². The lowest BCUT2D eigenvalue weighted by molar-refractivity contribution is -0.192. The van der Waals surface area contributed by atoms with Crippen molar-refractivity contribution in [2.45, 2.75) is 24.6 Å². The largest absolute Gasteiger partial charge is 0.490 e. The Bertz CT molecular complexity index is 419. The molecule has 0 bridgehead atoms. The Labute approximate surface area is 110 Å². The number of hydrogen-bond donors (Lipinski definition) is 2. The molecule has 3 N–H and O–H groups in total. The highest BCUT2D eigenvalue weighted by atomic mass is 79.9. The van der Waals surface area contributed by atoms with E-state index in [0.29, 0.717) is 12.0 Å². The van der Waals surface area contributed by atoms with Crippen LogP contribution in [0.5, 0.6) is 0 Å². The molecular formula is C11H11BrF3NO2. The maximum Gasteiger partial charge on any atom is 0.490 e. The third-order valence-electron chi connectivity index (χ3n) is 2.38. The van der Waals surface area contributed by atoms with E-state index in [4.69, 9.17) is 15.6 Å². The van der Waals surface area contributed by atoms with Crippen molar-refractivity contribution in [3.05, 3.63) is 34.3 Å². The van der Waals surface area contributed by atoms with E-state index < -0.39 is 12.1 Å². The predicted molar refractivity (Wildman–Crippen MR) is 63.2 cm³/mol. The third-order valence-corrected chi connectivity index (χ3v) is 2.91. The number of carboxylic acids is 1. The standard InChI is InChI=1S/C9H10BrN.C2HF3O2/c10-7-3-1-6(2-4-7)8-5-9(8)11;3-2(4,5)1(6)7/h1-4,8-9H,5,11H2;(H,6,7)/t8-,9+;/m0./s1. The van der Waals surface area contributed by atoms with Crippen molar-refractivity contribution < 1.29 is 23.1 Å². The summed E-state index contributed by atoms with van der Waals surface area (Å²) in [6.45, 7) is 0. The van der Waals surface area contributed by atoms with Gasteiger partial charge in [-0.2, -0.15) is 13.2 Å². The van der Waals surface area contributed by atoms with Gasteiger partial charge in [0.05, 0.1) is 0 Å². The molecule has 100 valence electrons. The van der Waals surface area contributed by atoms with Gasteiger partial charge in [0.25, 0.3) is 0 Å². The van der Waals surface area contributed by atoms with Gasteiger partial charge in [-0.05, 0) is 24.1 Å². The van der Waals surface area contributed by atoms with Crippen LogP contribution < -0.4 is 5.73 Å². The highest BCUT2D eigenvalue weighted by Crippen LogP contribution is 2.38. The number of alkyl halides is 3. The summed E-state index contributed by atoms with van der Waals surface area (Å²) in [6.07, 6.45) is -3.93. The van der Waals surface area contributed by atoms with Crippen LogP contribution in [0.2, 0.25) is 0 Å². The molecule has 0 saturated heterocycles. The quantitative estimate of drug-likeness (QED) is 0.834. The van der Waals surface area contributed by atoms with Gasteiger partial charge in [-0.25, -0.2) is 4.79 Å². The Morgan fingerprint density at radius 1 is 1.33 bits per heavy atom. The van der Waals surface area contributed by atoms with Crippen LogP contribution in [0.4, 0.5) is 13.2 Å². The third kappa shape index (κ3) is 4.66. The highest BCUT2D eigenvalue weighted by Gasteiger charge is 2.38. The molecule has 2 rings (SSSR count). The van der Waals surface area contributed by atoms with E-state index in [1.54, 1.807) is 0 Å². The molecular weight excluding hydrogens is 315 g/mol. The van der Waals surface area contributed by atoms with Gasteiger partial charge in [0.1, 0.15) is 0 Å². The summed E-state index contributed by atoms with van der Waals surface area (Å²) in [7, 11) is 0. The molecule has 0 unspecified atom stereocenters. The summed E-state index contributed by atoms with van der Waals surface area (Å²) < 4.78 is 32.9. The summed E-state index contributed by atoms with van der Waals surface area (Å²) in [4.78, 5) is 8.90. The molecule has 1 aromatic rings. The topological polar surface area (TPSA) is 63.3 Å². The Morgan fingerprint density at radius 3 is 2.00 bits per heavy atom. The molecule has 1 aliphatic carbocycles. The van der Waals surface area contributed by atoms with E-state index in [1.165, 1.54) is 5.56 Å². The van der Waals surface area contributed by atoms with Crippen molar-refractivity contribution in [2.24, 2.45) is 5.73 Å². The van der Waals surface area contributed by atoms with Gasteiger partial charge in [-0.3, -0.25) is 0 Å². The van der Waals surface area contributed by atoms with Gasteiger partial charge >= 0.3 is 12.1 Å². The fourth-order valence-electron chi connectivity index (χ4n) is 1.31. The Morgan fingerprint density at radius 2 is 1.72 bits per heavy atom. The smallest absolute Gasteiger partial charge is 0.475 e. The maximum absolute atomic E-state index is 10.6. The van der Waals surface area contributed by atoms with E-state index in [1.807, 2.05) is 0 Å². The van der Waals surface area contributed by atoms with E-state index >= 15 is 0 Å². The molecule has 18 heavy (non-hydrogen) atoms. The zero-order valence-corrected chi connectivity index (χ0v) is 10.7. The summed E-state index contributed by atoms with van der Waals surface area (Å²) in [5.41, 5.74) is 7.10. The number of carboxylic acid groups (broad SMARTS) is 1. The normalized spacial score (nSPS) is 21.8. The van der Waals surface area contributed by atoms with Crippen molar-refractivity contribution in [1.82, 2.24) is 0 Å².